The Morgan fingerprint density at radius 3 is 3.00 bits per heavy atom. The molecule has 5 nitrogen and oxygen atoms in total. The van der Waals surface area contributed by atoms with Crippen LogP contribution in [0.25, 0.3) is 11.1 Å². The number of fused-ring (bicyclic) bond motifs is 1. The molecule has 1 N–H and O–H groups in total. The summed E-state index contributed by atoms with van der Waals surface area (Å²) in [5.74, 6) is 0.414. The number of anilines is 1. The van der Waals surface area contributed by atoms with Crippen LogP contribution >= 0.6 is 11.8 Å². The van der Waals surface area contributed by atoms with Gasteiger partial charge in [-0.1, -0.05) is 0 Å². The molecule has 0 atom stereocenters. The highest BCUT2D eigenvalue weighted by Gasteiger charge is 2.12. The fraction of sp³-hybridized carbons (Fsp3) is 0.133. The zero-order valence-corrected chi connectivity index (χ0v) is 12.4. The lowest BCUT2D eigenvalue weighted by Crippen LogP contribution is -2.13. The van der Waals surface area contributed by atoms with Gasteiger partial charge in [-0.15, -0.1) is 11.8 Å². The molecule has 106 valence electrons. The second kappa shape index (κ2) is 5.57. The quantitative estimate of drug-likeness (QED) is 0.750. The Labute approximate surface area is 125 Å². The maximum atomic E-state index is 12.3. The first-order valence-corrected chi connectivity index (χ1v) is 7.57. The molecule has 3 aromatic rings. The number of amides is 1. The van der Waals surface area contributed by atoms with Gasteiger partial charge < -0.3 is 9.73 Å². The summed E-state index contributed by atoms with van der Waals surface area (Å²) in [7, 11) is 0. The normalized spacial score (nSPS) is 10.8. The molecule has 0 saturated carbocycles. The lowest BCUT2D eigenvalue weighted by molar-refractivity contribution is 0.102. The van der Waals surface area contributed by atoms with Crippen LogP contribution in [0.4, 0.5) is 5.69 Å². The summed E-state index contributed by atoms with van der Waals surface area (Å²) in [6, 6.07) is 8.88. The van der Waals surface area contributed by atoms with Crippen LogP contribution in [-0.4, -0.2) is 22.1 Å². The van der Waals surface area contributed by atoms with Crippen molar-refractivity contribution < 1.29 is 9.21 Å². The van der Waals surface area contributed by atoms with Gasteiger partial charge in [0.05, 0.1) is 5.56 Å². The molecule has 3 rings (SSSR count). The number of carbonyl (C=O) groups is 1. The van der Waals surface area contributed by atoms with Crippen LogP contribution in [0.2, 0.25) is 0 Å². The predicted molar refractivity (Wildman–Crippen MR) is 82.7 cm³/mol. The van der Waals surface area contributed by atoms with Gasteiger partial charge in [0.2, 0.25) is 0 Å². The lowest BCUT2D eigenvalue weighted by atomic mass is 10.2. The zero-order chi connectivity index (χ0) is 14.8. The molecule has 6 heteroatoms. The number of nitrogens with zero attached hydrogens (tertiary/aromatic N) is 2. The molecule has 1 aromatic carbocycles. The number of hydrogen-bond donors (Lipinski definition) is 1. The van der Waals surface area contributed by atoms with Gasteiger partial charge in [0.15, 0.2) is 11.5 Å². The second-order valence-corrected chi connectivity index (χ2v) is 5.22. The zero-order valence-electron chi connectivity index (χ0n) is 11.6. The first-order valence-electron chi connectivity index (χ1n) is 6.35. The number of rotatable bonds is 3. The number of aryl methyl sites for hydroxylation is 1. The minimum atomic E-state index is -0.188. The number of benzene rings is 1. The molecule has 21 heavy (non-hydrogen) atoms. The van der Waals surface area contributed by atoms with Crippen LogP contribution in [0.1, 0.15) is 16.2 Å². The van der Waals surface area contributed by atoms with Gasteiger partial charge in [-0.2, -0.15) is 0 Å². The van der Waals surface area contributed by atoms with Gasteiger partial charge >= 0.3 is 0 Å². The summed E-state index contributed by atoms with van der Waals surface area (Å²) in [4.78, 5) is 20.8. The van der Waals surface area contributed by atoms with Crippen molar-refractivity contribution in [2.75, 3.05) is 11.6 Å². The van der Waals surface area contributed by atoms with Crippen molar-refractivity contribution >= 4 is 34.5 Å². The molecule has 0 saturated heterocycles. The monoisotopic (exact) mass is 299 g/mol. The molecular weight excluding hydrogens is 286 g/mol. The van der Waals surface area contributed by atoms with Crippen molar-refractivity contribution in [1.29, 1.82) is 0 Å². The molecule has 0 aliphatic rings. The molecule has 0 bridgehead atoms. The largest absolute Gasteiger partial charge is 0.441 e. The molecule has 0 spiro atoms. The summed E-state index contributed by atoms with van der Waals surface area (Å²) in [5.41, 5.74) is 2.66. The summed E-state index contributed by atoms with van der Waals surface area (Å²) in [5, 5.41) is 3.56. The second-order valence-electron chi connectivity index (χ2n) is 4.43. The van der Waals surface area contributed by atoms with Crippen molar-refractivity contribution in [3.63, 3.8) is 0 Å². The van der Waals surface area contributed by atoms with E-state index in [9.17, 15) is 4.79 Å². The highest BCUT2D eigenvalue weighted by atomic mass is 32.2. The molecule has 2 aromatic heterocycles. The average molecular weight is 299 g/mol. The Kier molecular flexibility index (Phi) is 3.62. The molecule has 2 heterocycles. The first-order chi connectivity index (χ1) is 10.2. The van der Waals surface area contributed by atoms with Crippen molar-refractivity contribution in [1.82, 2.24) is 9.97 Å². The van der Waals surface area contributed by atoms with E-state index in [1.165, 1.54) is 11.8 Å². The molecule has 0 fully saturated rings. The third-order valence-corrected chi connectivity index (χ3v) is 3.67. The van der Waals surface area contributed by atoms with Gasteiger partial charge in [0.25, 0.3) is 5.91 Å². The van der Waals surface area contributed by atoms with Crippen molar-refractivity contribution in [3.05, 3.63) is 48.0 Å². The highest BCUT2D eigenvalue weighted by molar-refractivity contribution is 7.98. The number of carbonyl (C=O) groups excluding carboxylic acids is 1. The Morgan fingerprint density at radius 1 is 1.33 bits per heavy atom. The van der Waals surface area contributed by atoms with Crippen molar-refractivity contribution in [2.45, 2.75) is 11.9 Å². The molecule has 1 amide bonds. The average Bonchev–Trinajstić information content (AvgIpc) is 2.86. The van der Waals surface area contributed by atoms with Crippen LogP contribution in [0.15, 0.2) is 46.0 Å². The van der Waals surface area contributed by atoms with E-state index in [0.717, 1.165) is 5.52 Å². The Bertz CT molecular complexity index is 814. The van der Waals surface area contributed by atoms with E-state index in [1.807, 2.05) is 6.26 Å². The number of pyridine rings is 1. The van der Waals surface area contributed by atoms with Gasteiger partial charge in [-0.25, -0.2) is 9.97 Å². The molecule has 0 aliphatic carbocycles. The van der Waals surface area contributed by atoms with Gasteiger partial charge in [-0.05, 0) is 36.6 Å². The van der Waals surface area contributed by atoms with E-state index in [-0.39, 0.29) is 5.91 Å². The smallest absolute Gasteiger partial charge is 0.258 e. The van der Waals surface area contributed by atoms with Gasteiger partial charge in [0.1, 0.15) is 10.5 Å². The van der Waals surface area contributed by atoms with E-state index >= 15 is 0 Å². The molecule has 0 unspecified atom stereocenters. The van der Waals surface area contributed by atoms with Gasteiger partial charge in [-0.3, -0.25) is 4.79 Å². The number of nitrogens with one attached hydrogen (secondary N) is 1. The minimum absolute atomic E-state index is 0.188. The molecule has 0 radical (unpaired) electrons. The summed E-state index contributed by atoms with van der Waals surface area (Å²) in [6.07, 6.45) is 3.57. The van der Waals surface area contributed by atoms with E-state index in [0.29, 0.717) is 27.8 Å². The number of oxazole rings is 1. The van der Waals surface area contributed by atoms with Crippen LogP contribution in [-0.2, 0) is 0 Å². The Morgan fingerprint density at radius 2 is 2.19 bits per heavy atom. The fourth-order valence-electron chi connectivity index (χ4n) is 2.05. The number of hydrogen-bond acceptors (Lipinski definition) is 5. The van der Waals surface area contributed by atoms with Crippen molar-refractivity contribution in [2.24, 2.45) is 0 Å². The highest BCUT2D eigenvalue weighted by Crippen LogP contribution is 2.22. The fourth-order valence-corrected chi connectivity index (χ4v) is 2.59. The third kappa shape index (κ3) is 2.75. The maximum absolute atomic E-state index is 12.3. The lowest BCUT2D eigenvalue weighted by Gasteiger charge is -2.07. The first kappa shape index (κ1) is 13.6. The minimum Gasteiger partial charge on any atom is -0.441 e. The van der Waals surface area contributed by atoms with E-state index in [1.54, 1.807) is 43.5 Å². The van der Waals surface area contributed by atoms with Gasteiger partial charge in [0, 0.05) is 18.8 Å². The van der Waals surface area contributed by atoms with E-state index < -0.39 is 0 Å². The summed E-state index contributed by atoms with van der Waals surface area (Å²) in [6.45, 7) is 1.79. The molecule has 0 aliphatic heterocycles. The maximum Gasteiger partial charge on any atom is 0.258 e. The Balaban J connectivity index is 1.88. The standard InChI is InChI=1S/C15H13N3O2S/c1-9-17-12-8-10(5-6-13(12)20-9)18-14(19)11-4-3-7-16-15(11)21-2/h3-8H,1-2H3,(H,18,19). The van der Waals surface area contributed by atoms with E-state index in [2.05, 4.69) is 15.3 Å². The topological polar surface area (TPSA) is 68.0 Å². The van der Waals surface area contributed by atoms with Crippen LogP contribution in [0.3, 0.4) is 0 Å². The van der Waals surface area contributed by atoms with Crippen LogP contribution in [0, 0.1) is 6.92 Å². The molecular formula is C15H13N3O2S. The van der Waals surface area contributed by atoms with E-state index in [4.69, 9.17) is 4.42 Å². The predicted octanol–water partition coefficient (Wildman–Crippen LogP) is 3.51. The Hall–Kier alpha value is -2.34. The van der Waals surface area contributed by atoms with Crippen LogP contribution < -0.4 is 5.32 Å². The summed E-state index contributed by atoms with van der Waals surface area (Å²) < 4.78 is 5.41. The third-order valence-electron chi connectivity index (χ3n) is 2.96. The number of thioether (sulfide) groups is 1. The van der Waals surface area contributed by atoms with Crippen LogP contribution in [0.5, 0.6) is 0 Å². The number of aromatic nitrogens is 2. The SMILES string of the molecule is CSc1ncccc1C(=O)Nc1ccc2oc(C)nc2c1. The van der Waals surface area contributed by atoms with Crippen molar-refractivity contribution in [3.8, 4) is 0 Å². The summed E-state index contributed by atoms with van der Waals surface area (Å²) >= 11 is 1.44.